The summed E-state index contributed by atoms with van der Waals surface area (Å²) in [6.45, 7) is 1.95. The minimum Gasteiger partial charge on any atom is -0.748 e. The summed E-state index contributed by atoms with van der Waals surface area (Å²) in [6.07, 6.45) is 13.5. The van der Waals surface area contributed by atoms with Crippen LogP contribution in [0.5, 0.6) is 0 Å². The van der Waals surface area contributed by atoms with Crippen LogP contribution in [-0.2, 0) is 30.4 Å². The molecule has 0 aliphatic carbocycles. The number of nitrogens with zero attached hydrogens (tertiary/aromatic N) is 2. The van der Waals surface area contributed by atoms with Crippen molar-refractivity contribution < 1.29 is 58.0 Å². The van der Waals surface area contributed by atoms with Gasteiger partial charge in [-0.1, -0.05) is 48.9 Å². The van der Waals surface area contributed by atoms with Crippen LogP contribution in [0.4, 0.5) is 28.9 Å². The molecule has 0 amide bonds. The predicted octanol–water partition coefficient (Wildman–Crippen LogP) is 7.16. The van der Waals surface area contributed by atoms with E-state index in [1.807, 2.05) is 41.3 Å². The number of carbonyl (C=O) groups is 1. The second-order valence-electron chi connectivity index (χ2n) is 13.1. The van der Waals surface area contributed by atoms with Crippen LogP contribution in [0.2, 0.25) is 0 Å². The van der Waals surface area contributed by atoms with Crippen LogP contribution in [0.1, 0.15) is 75.8 Å². The first-order chi connectivity index (χ1) is 24.9. The highest BCUT2D eigenvalue weighted by Gasteiger charge is 2.53. The quantitative estimate of drug-likeness (QED) is 0.0287. The van der Waals surface area contributed by atoms with Crippen molar-refractivity contribution in [3.63, 3.8) is 0 Å². The first-order valence-corrected chi connectivity index (χ1v) is 20.3. The van der Waals surface area contributed by atoms with E-state index in [2.05, 4.69) is 0 Å². The lowest BCUT2D eigenvalue weighted by atomic mass is 9.75. The lowest BCUT2D eigenvalue weighted by Gasteiger charge is -2.30. The summed E-state index contributed by atoms with van der Waals surface area (Å²) in [5.74, 6) is -9.19. The number of aliphatic carboxylic acids is 1. The number of hydrogen-bond acceptors (Lipinski definition) is 7. The summed E-state index contributed by atoms with van der Waals surface area (Å²) in [7, 11) is -8.66. The van der Waals surface area contributed by atoms with Crippen LogP contribution in [0.25, 0.3) is 6.08 Å². The van der Waals surface area contributed by atoms with Gasteiger partial charge in [-0.3, -0.25) is 9.35 Å². The smallest absolute Gasteiger partial charge is 0.303 e. The van der Waals surface area contributed by atoms with Crippen molar-refractivity contribution in [1.82, 2.24) is 0 Å². The number of hydrogen-bond donors (Lipinski definition) is 2. The molecule has 16 heteroatoms. The Morgan fingerprint density at radius 3 is 2.26 bits per heavy atom. The highest BCUT2D eigenvalue weighted by atomic mass is 32.2. The van der Waals surface area contributed by atoms with Crippen LogP contribution in [0, 0.1) is 23.3 Å². The molecule has 2 aliphatic rings. The van der Waals surface area contributed by atoms with Crippen LogP contribution in [0.3, 0.4) is 0 Å². The normalized spacial score (nSPS) is 18.2. The molecule has 1 atom stereocenters. The maximum atomic E-state index is 15.7. The fraction of sp³-hybridized carbons (Fsp3) is 0.405. The number of anilines is 1. The Hall–Kier alpha value is -4.12. The molecule has 0 spiro atoms. The molecule has 0 radical (unpaired) electrons. The van der Waals surface area contributed by atoms with E-state index < -0.39 is 77.6 Å². The fourth-order valence-electron chi connectivity index (χ4n) is 6.76. The molecule has 0 saturated heterocycles. The van der Waals surface area contributed by atoms with Gasteiger partial charge in [0, 0.05) is 42.6 Å². The third-order valence-electron chi connectivity index (χ3n) is 9.26. The van der Waals surface area contributed by atoms with Gasteiger partial charge in [0.15, 0.2) is 17.3 Å². The van der Waals surface area contributed by atoms with Crippen molar-refractivity contribution >= 4 is 49.4 Å². The van der Waals surface area contributed by atoms with Crippen molar-refractivity contribution in [2.24, 2.45) is 0 Å². The zero-order valence-electron chi connectivity index (χ0n) is 29.1. The van der Waals surface area contributed by atoms with Crippen molar-refractivity contribution in [3.8, 4) is 0 Å². The van der Waals surface area contributed by atoms with Crippen LogP contribution >= 0.6 is 0 Å². The Kier molecular flexibility index (Phi) is 14.0. The second-order valence-corrected chi connectivity index (χ2v) is 16.2. The molecular formula is C37H42F4N2O8S2. The van der Waals surface area contributed by atoms with Gasteiger partial charge < -0.3 is 14.6 Å². The molecule has 2 N–H and O–H groups in total. The number of allylic oxidation sites excluding steroid dienone is 6. The summed E-state index contributed by atoms with van der Waals surface area (Å²) < 4.78 is 127. The van der Waals surface area contributed by atoms with Crippen LogP contribution in [0.15, 0.2) is 66.4 Å². The summed E-state index contributed by atoms with van der Waals surface area (Å²) in [5, 5.41) is 9.01. The lowest BCUT2D eigenvalue weighted by Crippen LogP contribution is -2.32. The minimum atomic E-state index is -4.35. The summed E-state index contributed by atoms with van der Waals surface area (Å²) in [6, 6.07) is 7.58. The fourth-order valence-corrected chi connectivity index (χ4v) is 7.88. The van der Waals surface area contributed by atoms with Gasteiger partial charge in [-0.2, -0.15) is 17.4 Å². The van der Waals surface area contributed by atoms with E-state index in [1.165, 1.54) is 11.5 Å². The standard InChI is InChI=1S/C37H42F4N2O8S2/c1-37(21-9-12-24-52(46,47)48)29(43(23-10-3-6-18-30(44)45)36-31(37)32(38)33(39)34(40)35(36)41)17-5-2-4-15-27-20-19-26-14-7-8-16-28(26)42(27)22-11-13-25-53(49,50)51/h2,4-5,7-8,14-17,19-20H,3,6,9-13,18,21-25H2,1H3,(H2-,44,45,46,47,48,49,50,51). The number of carboxylic acid groups (broad SMARTS) is 1. The number of halogens is 4. The van der Waals surface area contributed by atoms with E-state index in [9.17, 15) is 39.5 Å². The van der Waals surface area contributed by atoms with E-state index in [4.69, 9.17) is 5.11 Å². The predicted molar refractivity (Wildman–Crippen MR) is 193 cm³/mol. The molecule has 2 aromatic carbocycles. The average Bonchev–Trinajstić information content (AvgIpc) is 3.33. The maximum Gasteiger partial charge on any atom is 0.303 e. The van der Waals surface area contributed by atoms with E-state index >= 15 is 8.78 Å². The van der Waals surface area contributed by atoms with Gasteiger partial charge in [-0.25, -0.2) is 21.6 Å². The maximum absolute atomic E-state index is 15.7. The number of fused-ring (bicyclic) bond motifs is 2. The first-order valence-electron chi connectivity index (χ1n) is 17.2. The van der Waals surface area contributed by atoms with Crippen molar-refractivity contribution in [2.45, 2.75) is 70.1 Å². The Morgan fingerprint density at radius 1 is 0.868 bits per heavy atom. The third kappa shape index (κ3) is 10.7. The Balaban J connectivity index is 1.69. The molecule has 2 heterocycles. The molecule has 0 aromatic heterocycles. The van der Waals surface area contributed by atoms with Gasteiger partial charge in [-0.05, 0) is 69.2 Å². The van der Waals surface area contributed by atoms with Crippen molar-refractivity contribution in [3.05, 3.63) is 101 Å². The van der Waals surface area contributed by atoms with Gasteiger partial charge in [0.1, 0.15) is 6.54 Å². The molecule has 0 bridgehead atoms. The summed E-state index contributed by atoms with van der Waals surface area (Å²) in [4.78, 5) is 13.0. The van der Waals surface area contributed by atoms with E-state index in [-0.39, 0.29) is 44.4 Å². The topological polar surface area (TPSA) is 155 Å². The van der Waals surface area contributed by atoms with Gasteiger partial charge in [0.25, 0.3) is 15.8 Å². The molecule has 10 nitrogen and oxygen atoms in total. The zero-order chi connectivity index (χ0) is 39.0. The SMILES string of the molecule is CC1(CCCCS(=O)(=O)O)C(/C=C/C=C/C=C2\C=Cc3ccccc3N2CCCCS(=O)(=O)[O-])=[N+](CCCCCC(=O)O)c2c(F)c(F)c(F)c(F)c21. The number of carboxylic acids is 1. The molecule has 1 unspecified atom stereocenters. The van der Waals surface area contributed by atoms with Crippen LogP contribution < -0.4 is 4.90 Å². The molecule has 0 fully saturated rings. The zero-order valence-corrected chi connectivity index (χ0v) is 30.7. The number of benzene rings is 2. The van der Waals surface area contributed by atoms with Crippen molar-refractivity contribution in [1.29, 1.82) is 0 Å². The van der Waals surface area contributed by atoms with Gasteiger partial charge in [0.05, 0.1) is 26.8 Å². The number of rotatable bonds is 19. The van der Waals surface area contributed by atoms with E-state index in [0.29, 0.717) is 32.2 Å². The molecule has 4 rings (SSSR count). The monoisotopic (exact) mass is 782 g/mol. The van der Waals surface area contributed by atoms with Gasteiger partial charge in [-0.15, -0.1) is 0 Å². The van der Waals surface area contributed by atoms with Gasteiger partial charge in [0.2, 0.25) is 11.6 Å². The minimum absolute atomic E-state index is 0.00884. The molecule has 2 aliphatic heterocycles. The van der Waals surface area contributed by atoms with Crippen LogP contribution in [-0.4, -0.2) is 71.9 Å². The first kappa shape index (κ1) is 41.6. The Morgan fingerprint density at radius 2 is 1.57 bits per heavy atom. The summed E-state index contributed by atoms with van der Waals surface area (Å²) >= 11 is 0. The number of unbranched alkanes of at least 4 members (excludes halogenated alkanes) is 4. The third-order valence-corrected chi connectivity index (χ3v) is 10.9. The van der Waals surface area contributed by atoms with E-state index in [1.54, 1.807) is 30.4 Å². The average molecular weight is 783 g/mol. The van der Waals surface area contributed by atoms with Gasteiger partial charge >= 0.3 is 5.97 Å². The molecule has 0 saturated carbocycles. The molecular weight excluding hydrogens is 741 g/mol. The Bertz CT molecular complexity index is 2080. The van der Waals surface area contributed by atoms with Crippen molar-refractivity contribution in [2.75, 3.05) is 29.5 Å². The second kappa shape index (κ2) is 17.8. The lowest BCUT2D eigenvalue weighted by molar-refractivity contribution is -0.441. The molecule has 288 valence electrons. The molecule has 2 aromatic rings. The van der Waals surface area contributed by atoms with E-state index in [0.717, 1.165) is 16.9 Å². The summed E-state index contributed by atoms with van der Waals surface area (Å²) in [5.41, 5.74) is 0.454. The number of para-hydroxylation sites is 1. The largest absolute Gasteiger partial charge is 0.748 e. The highest BCUT2D eigenvalue weighted by Crippen LogP contribution is 2.47. The molecule has 53 heavy (non-hydrogen) atoms. The highest BCUT2D eigenvalue weighted by molar-refractivity contribution is 7.85. The Labute approximate surface area is 307 Å².